The fourth-order valence-corrected chi connectivity index (χ4v) is 2.17. The topological polar surface area (TPSA) is 64.6 Å². The van der Waals surface area contributed by atoms with Crippen molar-refractivity contribution in [1.29, 1.82) is 0 Å². The van der Waals surface area contributed by atoms with Crippen molar-refractivity contribution in [2.24, 2.45) is 0 Å². The molecule has 1 atom stereocenters. The van der Waals surface area contributed by atoms with E-state index in [-0.39, 0.29) is 11.3 Å². The van der Waals surface area contributed by atoms with Crippen LogP contribution >= 0.6 is 0 Å². The SMILES string of the molecule is COCc1ccc(C(=O)O[C@H](C)C(=O)Nc2ccc(C(F)(F)F)cc2)cc1. The highest BCUT2D eigenvalue weighted by Crippen LogP contribution is 2.29. The molecule has 0 radical (unpaired) electrons. The van der Waals surface area contributed by atoms with Crippen LogP contribution in [0.4, 0.5) is 18.9 Å². The monoisotopic (exact) mass is 381 g/mol. The first kappa shape index (κ1) is 20.4. The quantitative estimate of drug-likeness (QED) is 0.768. The zero-order valence-corrected chi connectivity index (χ0v) is 14.7. The second-order valence-electron chi connectivity index (χ2n) is 5.74. The summed E-state index contributed by atoms with van der Waals surface area (Å²) in [6.07, 6.45) is -5.58. The molecule has 1 N–H and O–H groups in total. The molecular formula is C19H18F3NO4. The summed E-state index contributed by atoms with van der Waals surface area (Å²) < 4.78 is 47.7. The lowest BCUT2D eigenvalue weighted by atomic mass is 10.1. The van der Waals surface area contributed by atoms with Gasteiger partial charge in [0, 0.05) is 12.8 Å². The van der Waals surface area contributed by atoms with Crippen LogP contribution in [0, 0.1) is 0 Å². The highest BCUT2D eigenvalue weighted by Gasteiger charge is 2.30. The number of esters is 1. The number of amides is 1. The number of hydrogen-bond donors (Lipinski definition) is 1. The zero-order chi connectivity index (χ0) is 20.0. The van der Waals surface area contributed by atoms with Crippen molar-refractivity contribution in [1.82, 2.24) is 0 Å². The number of carbonyl (C=O) groups excluding carboxylic acids is 2. The Morgan fingerprint density at radius 1 is 1.04 bits per heavy atom. The fourth-order valence-electron chi connectivity index (χ4n) is 2.17. The second kappa shape index (κ2) is 8.68. The van der Waals surface area contributed by atoms with Crippen molar-refractivity contribution >= 4 is 17.6 Å². The van der Waals surface area contributed by atoms with E-state index < -0.39 is 29.7 Å². The lowest BCUT2D eigenvalue weighted by Crippen LogP contribution is -2.30. The van der Waals surface area contributed by atoms with Crippen molar-refractivity contribution in [3.63, 3.8) is 0 Å². The molecule has 8 heteroatoms. The summed E-state index contributed by atoms with van der Waals surface area (Å²) >= 11 is 0. The number of carbonyl (C=O) groups is 2. The number of halogens is 3. The van der Waals surface area contributed by atoms with Gasteiger partial charge in [-0.15, -0.1) is 0 Å². The Labute approximate surface area is 154 Å². The molecule has 2 aromatic rings. The average molecular weight is 381 g/mol. The van der Waals surface area contributed by atoms with E-state index in [1.54, 1.807) is 31.4 Å². The third kappa shape index (κ3) is 5.82. The van der Waals surface area contributed by atoms with E-state index in [1.807, 2.05) is 0 Å². The predicted molar refractivity (Wildman–Crippen MR) is 92.1 cm³/mol. The van der Waals surface area contributed by atoms with Gasteiger partial charge in [-0.3, -0.25) is 4.79 Å². The Kier molecular flexibility index (Phi) is 6.57. The van der Waals surface area contributed by atoms with Crippen LogP contribution in [0.25, 0.3) is 0 Å². The van der Waals surface area contributed by atoms with Crippen LogP contribution in [-0.4, -0.2) is 25.1 Å². The summed E-state index contributed by atoms with van der Waals surface area (Å²) in [6.45, 7) is 1.78. The minimum Gasteiger partial charge on any atom is -0.449 e. The minimum atomic E-state index is -4.45. The van der Waals surface area contributed by atoms with Gasteiger partial charge >= 0.3 is 12.1 Å². The molecule has 0 saturated heterocycles. The summed E-state index contributed by atoms with van der Waals surface area (Å²) in [5.41, 5.74) is 0.489. The lowest BCUT2D eigenvalue weighted by Gasteiger charge is -2.14. The first-order valence-corrected chi connectivity index (χ1v) is 7.97. The number of rotatable bonds is 6. The molecule has 0 fully saturated rings. The van der Waals surface area contributed by atoms with E-state index in [0.29, 0.717) is 6.61 Å². The van der Waals surface area contributed by atoms with Gasteiger partial charge in [-0.2, -0.15) is 13.2 Å². The smallest absolute Gasteiger partial charge is 0.416 e. The molecule has 27 heavy (non-hydrogen) atoms. The normalized spacial score (nSPS) is 12.3. The third-order valence-electron chi connectivity index (χ3n) is 3.63. The molecule has 2 rings (SSSR count). The molecule has 0 heterocycles. The maximum Gasteiger partial charge on any atom is 0.416 e. The van der Waals surface area contributed by atoms with Crippen molar-refractivity contribution in [3.05, 3.63) is 65.2 Å². The molecule has 2 aromatic carbocycles. The van der Waals surface area contributed by atoms with E-state index in [2.05, 4.69) is 5.32 Å². The molecule has 0 aliphatic carbocycles. The lowest BCUT2D eigenvalue weighted by molar-refractivity contribution is -0.137. The first-order valence-electron chi connectivity index (χ1n) is 7.97. The van der Waals surface area contributed by atoms with E-state index in [4.69, 9.17) is 9.47 Å². The van der Waals surface area contributed by atoms with Crippen LogP contribution in [0.5, 0.6) is 0 Å². The molecule has 1 amide bonds. The van der Waals surface area contributed by atoms with Gasteiger partial charge in [-0.1, -0.05) is 12.1 Å². The van der Waals surface area contributed by atoms with Crippen molar-refractivity contribution < 1.29 is 32.2 Å². The number of alkyl halides is 3. The maximum absolute atomic E-state index is 12.5. The summed E-state index contributed by atoms with van der Waals surface area (Å²) in [7, 11) is 1.55. The number of methoxy groups -OCH3 is 1. The molecule has 5 nitrogen and oxygen atoms in total. The van der Waals surface area contributed by atoms with Crippen LogP contribution in [0.3, 0.4) is 0 Å². The van der Waals surface area contributed by atoms with E-state index in [0.717, 1.165) is 29.8 Å². The molecule has 0 aromatic heterocycles. The highest BCUT2D eigenvalue weighted by molar-refractivity contribution is 5.97. The minimum absolute atomic E-state index is 0.166. The first-order chi connectivity index (χ1) is 12.7. The van der Waals surface area contributed by atoms with Crippen molar-refractivity contribution in [2.45, 2.75) is 25.8 Å². The van der Waals surface area contributed by atoms with Crippen LogP contribution in [0.1, 0.15) is 28.4 Å². The van der Waals surface area contributed by atoms with Gasteiger partial charge in [0.25, 0.3) is 5.91 Å². The Morgan fingerprint density at radius 2 is 1.63 bits per heavy atom. The average Bonchev–Trinajstić information content (AvgIpc) is 2.62. The van der Waals surface area contributed by atoms with E-state index >= 15 is 0 Å². The molecule has 0 aliphatic rings. The van der Waals surface area contributed by atoms with E-state index in [9.17, 15) is 22.8 Å². The Bertz CT molecular complexity index is 786. The number of anilines is 1. The molecule has 0 saturated carbocycles. The van der Waals surface area contributed by atoms with Gasteiger partial charge in [-0.05, 0) is 48.9 Å². The summed E-state index contributed by atoms with van der Waals surface area (Å²) in [6, 6.07) is 10.5. The third-order valence-corrected chi connectivity index (χ3v) is 3.63. The molecule has 0 bridgehead atoms. The molecule has 0 spiro atoms. The van der Waals surface area contributed by atoms with Crippen molar-refractivity contribution in [3.8, 4) is 0 Å². The Hall–Kier alpha value is -2.87. The number of benzene rings is 2. The standard InChI is InChI=1S/C19H18F3NO4/c1-12(27-18(25)14-5-3-13(4-6-14)11-26-2)17(24)23-16-9-7-15(8-10-16)19(20,21)22/h3-10,12H,11H2,1-2H3,(H,23,24)/t12-/m1/s1. The fraction of sp³-hybridized carbons (Fsp3) is 0.263. The largest absolute Gasteiger partial charge is 0.449 e. The molecule has 144 valence electrons. The van der Waals surface area contributed by atoms with E-state index in [1.165, 1.54) is 6.92 Å². The van der Waals surface area contributed by atoms with Gasteiger partial charge in [0.15, 0.2) is 6.10 Å². The Balaban J connectivity index is 1.93. The van der Waals surface area contributed by atoms with Crippen molar-refractivity contribution in [2.75, 3.05) is 12.4 Å². The van der Waals surface area contributed by atoms with Gasteiger partial charge in [0.2, 0.25) is 0 Å². The number of ether oxygens (including phenoxy) is 2. The van der Waals surface area contributed by atoms with Crippen LogP contribution in [0.15, 0.2) is 48.5 Å². The Morgan fingerprint density at radius 3 is 2.15 bits per heavy atom. The van der Waals surface area contributed by atoms with Gasteiger partial charge in [-0.25, -0.2) is 4.79 Å². The molecule has 0 unspecified atom stereocenters. The van der Waals surface area contributed by atoms with Gasteiger partial charge in [0.1, 0.15) is 0 Å². The highest BCUT2D eigenvalue weighted by atomic mass is 19.4. The number of nitrogens with one attached hydrogen (secondary N) is 1. The predicted octanol–water partition coefficient (Wildman–Crippen LogP) is 4.04. The van der Waals surface area contributed by atoms with Crippen LogP contribution < -0.4 is 5.32 Å². The number of hydrogen-bond acceptors (Lipinski definition) is 4. The van der Waals surface area contributed by atoms with Crippen LogP contribution in [-0.2, 0) is 27.1 Å². The molecule has 0 aliphatic heterocycles. The summed E-state index contributed by atoms with van der Waals surface area (Å²) in [4.78, 5) is 24.2. The van der Waals surface area contributed by atoms with Crippen LogP contribution in [0.2, 0.25) is 0 Å². The maximum atomic E-state index is 12.5. The van der Waals surface area contributed by atoms with Gasteiger partial charge < -0.3 is 14.8 Å². The molecular weight excluding hydrogens is 363 g/mol. The zero-order valence-electron chi connectivity index (χ0n) is 14.7. The summed E-state index contributed by atoms with van der Waals surface area (Å²) in [5.74, 6) is -1.34. The van der Waals surface area contributed by atoms with Gasteiger partial charge in [0.05, 0.1) is 17.7 Å². The second-order valence-corrected chi connectivity index (χ2v) is 5.74. The summed E-state index contributed by atoms with van der Waals surface area (Å²) in [5, 5.41) is 2.40.